The van der Waals surface area contributed by atoms with Gasteiger partial charge < -0.3 is 4.74 Å². The van der Waals surface area contributed by atoms with Gasteiger partial charge >= 0.3 is 0 Å². The summed E-state index contributed by atoms with van der Waals surface area (Å²) in [5, 5.41) is 10.6. The Morgan fingerprint density at radius 2 is 1.54 bits per heavy atom. The molecule has 0 amide bonds. The van der Waals surface area contributed by atoms with Gasteiger partial charge in [0.15, 0.2) is 5.65 Å². The molecule has 4 nitrogen and oxygen atoms in total. The fourth-order valence-corrected chi connectivity index (χ4v) is 3.07. The van der Waals surface area contributed by atoms with Gasteiger partial charge in [-0.2, -0.15) is 10.2 Å². The van der Waals surface area contributed by atoms with Gasteiger partial charge in [0.05, 0.1) is 7.11 Å². The second kappa shape index (κ2) is 6.66. The van der Waals surface area contributed by atoms with Crippen molar-refractivity contribution < 1.29 is 4.74 Å². The van der Waals surface area contributed by atoms with Gasteiger partial charge in [0.25, 0.3) is 0 Å². The smallest absolute Gasteiger partial charge is 0.234 e. The van der Waals surface area contributed by atoms with E-state index in [2.05, 4.69) is 16.0 Å². The minimum Gasteiger partial charge on any atom is -0.480 e. The molecule has 0 N–H and O–H groups in total. The monoisotopic (exact) mass is 337 g/mol. The number of aromatic nitrogens is 2. The lowest BCUT2D eigenvalue weighted by molar-refractivity contribution is 0.398. The van der Waals surface area contributed by atoms with Crippen LogP contribution in [0.2, 0.25) is 0 Å². The summed E-state index contributed by atoms with van der Waals surface area (Å²) in [6, 6.07) is 24.1. The minimum absolute atomic E-state index is 0.291. The molecule has 0 saturated carbocycles. The van der Waals surface area contributed by atoms with E-state index in [9.17, 15) is 5.26 Å². The fourth-order valence-electron chi connectivity index (χ4n) is 3.07. The van der Waals surface area contributed by atoms with Crippen LogP contribution >= 0.6 is 0 Å². The van der Waals surface area contributed by atoms with Crippen molar-refractivity contribution in [3.63, 3.8) is 0 Å². The predicted molar refractivity (Wildman–Crippen MR) is 102 cm³/mol. The van der Waals surface area contributed by atoms with Crippen LogP contribution in [0.4, 0.5) is 0 Å². The molecular formula is C22H15N3O. The summed E-state index contributed by atoms with van der Waals surface area (Å²) in [4.78, 5) is 8.96. The summed E-state index contributed by atoms with van der Waals surface area (Å²) in [5.41, 5.74) is 4.74. The molecule has 2 aromatic heterocycles. The number of hydrogen-bond acceptors (Lipinski definition) is 4. The van der Waals surface area contributed by atoms with Crippen molar-refractivity contribution in [2.75, 3.05) is 7.11 Å². The van der Waals surface area contributed by atoms with Gasteiger partial charge in [0.1, 0.15) is 11.6 Å². The van der Waals surface area contributed by atoms with Crippen LogP contribution in [0.5, 0.6) is 5.88 Å². The average molecular weight is 337 g/mol. The van der Waals surface area contributed by atoms with E-state index in [1.165, 1.54) is 7.11 Å². The average Bonchev–Trinajstić information content (AvgIpc) is 2.73. The van der Waals surface area contributed by atoms with Crippen molar-refractivity contribution in [3.05, 3.63) is 78.5 Å². The highest BCUT2D eigenvalue weighted by Crippen LogP contribution is 2.36. The maximum atomic E-state index is 9.75. The predicted octanol–water partition coefficient (Wildman–Crippen LogP) is 4.84. The highest BCUT2D eigenvalue weighted by Gasteiger charge is 2.18. The zero-order valence-corrected chi connectivity index (χ0v) is 14.2. The van der Waals surface area contributed by atoms with E-state index in [4.69, 9.17) is 4.74 Å². The summed E-state index contributed by atoms with van der Waals surface area (Å²) >= 11 is 0. The third kappa shape index (κ3) is 2.66. The number of nitriles is 1. The molecule has 0 unspecified atom stereocenters. The summed E-state index contributed by atoms with van der Waals surface area (Å²) in [6.07, 6.45) is 1.80. The fraction of sp³-hybridized carbons (Fsp3) is 0.0455. The number of benzene rings is 2. The van der Waals surface area contributed by atoms with Gasteiger partial charge in [-0.1, -0.05) is 60.7 Å². The van der Waals surface area contributed by atoms with Gasteiger partial charge in [0.2, 0.25) is 5.88 Å². The van der Waals surface area contributed by atoms with E-state index >= 15 is 0 Å². The molecule has 26 heavy (non-hydrogen) atoms. The topological polar surface area (TPSA) is 58.8 Å². The molecule has 0 fully saturated rings. The van der Waals surface area contributed by atoms with Gasteiger partial charge in [-0.25, -0.2) is 4.98 Å². The van der Waals surface area contributed by atoms with Gasteiger partial charge in [-0.3, -0.25) is 0 Å². The lowest BCUT2D eigenvalue weighted by atomic mass is 9.96. The zero-order chi connectivity index (χ0) is 17.9. The molecule has 0 aliphatic carbocycles. The number of ether oxygens (including phenoxy) is 1. The van der Waals surface area contributed by atoms with Crippen LogP contribution in [0, 0.1) is 11.3 Å². The van der Waals surface area contributed by atoms with E-state index in [0.29, 0.717) is 17.1 Å². The van der Waals surface area contributed by atoms with E-state index in [1.807, 2.05) is 66.7 Å². The van der Waals surface area contributed by atoms with Crippen molar-refractivity contribution >= 4 is 11.0 Å². The largest absolute Gasteiger partial charge is 0.480 e. The van der Waals surface area contributed by atoms with E-state index in [1.54, 1.807) is 6.20 Å². The first-order chi connectivity index (χ1) is 12.8. The Morgan fingerprint density at radius 1 is 0.885 bits per heavy atom. The van der Waals surface area contributed by atoms with Crippen LogP contribution in [-0.2, 0) is 0 Å². The van der Waals surface area contributed by atoms with Gasteiger partial charge in [0, 0.05) is 22.7 Å². The molecule has 0 spiro atoms. The van der Waals surface area contributed by atoms with Gasteiger partial charge in [-0.05, 0) is 17.2 Å². The molecule has 124 valence electrons. The Kier molecular flexibility index (Phi) is 4.04. The van der Waals surface area contributed by atoms with E-state index < -0.39 is 0 Å². The molecule has 0 aliphatic heterocycles. The number of pyridine rings is 2. The van der Waals surface area contributed by atoms with Crippen LogP contribution in [0.1, 0.15) is 5.56 Å². The van der Waals surface area contributed by atoms with Crippen LogP contribution < -0.4 is 4.74 Å². The minimum atomic E-state index is 0.291. The van der Waals surface area contributed by atoms with Crippen molar-refractivity contribution in [2.45, 2.75) is 0 Å². The molecule has 2 aromatic carbocycles. The summed E-state index contributed by atoms with van der Waals surface area (Å²) in [7, 11) is 1.52. The highest BCUT2D eigenvalue weighted by molar-refractivity contribution is 5.98. The van der Waals surface area contributed by atoms with E-state index in [0.717, 1.165) is 27.6 Å². The lowest BCUT2D eigenvalue weighted by Gasteiger charge is -2.13. The molecule has 0 atom stereocenters. The van der Waals surface area contributed by atoms with Crippen molar-refractivity contribution in [1.82, 2.24) is 9.97 Å². The van der Waals surface area contributed by atoms with Gasteiger partial charge in [-0.15, -0.1) is 0 Å². The quantitative estimate of drug-likeness (QED) is 0.536. The van der Waals surface area contributed by atoms with Crippen LogP contribution in [0.25, 0.3) is 33.3 Å². The van der Waals surface area contributed by atoms with Crippen molar-refractivity contribution in [1.29, 1.82) is 5.26 Å². The van der Waals surface area contributed by atoms with Crippen LogP contribution in [0.3, 0.4) is 0 Å². The molecule has 4 rings (SSSR count). The normalized spacial score (nSPS) is 10.5. The Morgan fingerprint density at radius 3 is 2.15 bits per heavy atom. The van der Waals surface area contributed by atoms with Crippen molar-refractivity contribution in [3.8, 4) is 34.2 Å². The number of fused-ring (bicyclic) bond motifs is 1. The third-order valence-electron chi connectivity index (χ3n) is 4.28. The highest BCUT2D eigenvalue weighted by atomic mass is 16.5. The molecule has 0 aliphatic rings. The Bertz CT molecular complexity index is 1120. The third-order valence-corrected chi connectivity index (χ3v) is 4.28. The van der Waals surface area contributed by atoms with Crippen molar-refractivity contribution in [2.24, 2.45) is 0 Å². The second-order valence-corrected chi connectivity index (χ2v) is 5.81. The number of rotatable bonds is 3. The standard InChI is InChI=1S/C22H15N3O/c1-26-22-19(13-23)20(16-10-6-3-7-11-16)18-12-17(14-24-21(18)25-22)15-8-4-2-5-9-15/h2-12,14H,1H3. The molecule has 4 aromatic rings. The zero-order valence-electron chi connectivity index (χ0n) is 14.2. The lowest BCUT2D eigenvalue weighted by Crippen LogP contribution is -1.99. The maximum Gasteiger partial charge on any atom is 0.234 e. The molecular weight excluding hydrogens is 322 g/mol. The van der Waals surface area contributed by atoms with E-state index in [-0.39, 0.29) is 0 Å². The number of nitrogens with zero attached hydrogens (tertiary/aromatic N) is 3. The molecule has 2 heterocycles. The Hall–Kier alpha value is -3.71. The first-order valence-corrected chi connectivity index (χ1v) is 8.20. The number of hydrogen-bond donors (Lipinski definition) is 0. The molecule has 0 saturated heterocycles. The SMILES string of the molecule is COc1nc2ncc(-c3ccccc3)cc2c(-c2ccccc2)c1C#N. The second-order valence-electron chi connectivity index (χ2n) is 5.81. The number of methoxy groups -OCH3 is 1. The summed E-state index contributed by atoms with van der Waals surface area (Å²) in [5.74, 6) is 0.291. The maximum absolute atomic E-state index is 9.75. The Labute approximate surface area is 151 Å². The molecule has 0 bridgehead atoms. The summed E-state index contributed by atoms with van der Waals surface area (Å²) in [6.45, 7) is 0. The Balaban J connectivity index is 2.08. The van der Waals surface area contributed by atoms with Crippen LogP contribution in [-0.4, -0.2) is 17.1 Å². The first kappa shape index (κ1) is 15.8. The summed E-state index contributed by atoms with van der Waals surface area (Å²) < 4.78 is 5.35. The first-order valence-electron chi connectivity index (χ1n) is 8.20. The molecule has 0 radical (unpaired) electrons. The molecule has 4 heteroatoms. The van der Waals surface area contributed by atoms with Crippen LogP contribution in [0.15, 0.2) is 72.9 Å².